The second-order valence-electron chi connectivity index (χ2n) is 5.87. The Morgan fingerprint density at radius 3 is 2.57 bits per heavy atom. The summed E-state index contributed by atoms with van der Waals surface area (Å²) >= 11 is 0. The molecule has 1 atom stereocenters. The summed E-state index contributed by atoms with van der Waals surface area (Å²) in [5.41, 5.74) is 4.13. The molecule has 0 N–H and O–H groups in total. The van der Waals surface area contributed by atoms with E-state index < -0.39 is 0 Å². The van der Waals surface area contributed by atoms with Gasteiger partial charge in [0.05, 0.1) is 22.9 Å². The Morgan fingerprint density at radius 1 is 1.00 bits per heavy atom. The molecule has 4 nitrogen and oxygen atoms in total. The highest BCUT2D eigenvalue weighted by Crippen LogP contribution is 2.15. The summed E-state index contributed by atoms with van der Waals surface area (Å²) in [4.78, 5) is 15.9. The van der Waals surface area contributed by atoms with Crippen molar-refractivity contribution in [3.05, 3.63) is 66.2 Å². The smallest absolute Gasteiger partial charge is 0.0890 e. The lowest BCUT2D eigenvalue weighted by Gasteiger charge is -2.28. The van der Waals surface area contributed by atoms with Crippen molar-refractivity contribution >= 4 is 11.0 Å². The molecule has 0 aliphatic rings. The molecule has 0 fully saturated rings. The van der Waals surface area contributed by atoms with Crippen LogP contribution in [-0.2, 0) is 13.1 Å². The number of para-hydroxylation sites is 2. The molecule has 4 heteroatoms. The number of rotatable bonds is 6. The van der Waals surface area contributed by atoms with Gasteiger partial charge in [-0.1, -0.05) is 25.1 Å². The van der Waals surface area contributed by atoms with Crippen LogP contribution < -0.4 is 0 Å². The van der Waals surface area contributed by atoms with Gasteiger partial charge in [-0.25, -0.2) is 4.98 Å². The molecule has 118 valence electrons. The quantitative estimate of drug-likeness (QED) is 0.694. The zero-order valence-corrected chi connectivity index (χ0v) is 13.7. The minimum Gasteiger partial charge on any atom is -0.290 e. The maximum absolute atomic E-state index is 4.75. The number of benzene rings is 1. The number of pyridine rings is 1. The van der Waals surface area contributed by atoms with E-state index in [9.17, 15) is 0 Å². The second kappa shape index (κ2) is 7.29. The summed E-state index contributed by atoms with van der Waals surface area (Å²) in [5.74, 6) is 0. The molecular weight excluding hydrogens is 284 g/mol. The minimum absolute atomic E-state index is 0.475. The van der Waals surface area contributed by atoms with Gasteiger partial charge in [0, 0.05) is 31.5 Å². The van der Waals surface area contributed by atoms with Crippen molar-refractivity contribution < 1.29 is 0 Å². The van der Waals surface area contributed by atoms with Gasteiger partial charge in [0.2, 0.25) is 0 Å². The maximum atomic E-state index is 4.75. The lowest BCUT2D eigenvalue weighted by molar-refractivity contribution is 0.183. The highest BCUT2D eigenvalue weighted by atomic mass is 15.2. The zero-order valence-electron chi connectivity index (χ0n) is 13.7. The molecule has 0 amide bonds. The van der Waals surface area contributed by atoms with Gasteiger partial charge < -0.3 is 0 Å². The monoisotopic (exact) mass is 306 g/mol. The average molecular weight is 306 g/mol. The molecule has 1 aromatic carbocycles. The molecule has 0 aliphatic carbocycles. The van der Waals surface area contributed by atoms with Crippen molar-refractivity contribution in [3.8, 4) is 0 Å². The number of aromatic nitrogens is 3. The summed E-state index contributed by atoms with van der Waals surface area (Å²) < 4.78 is 0. The van der Waals surface area contributed by atoms with Gasteiger partial charge in [0.25, 0.3) is 0 Å². The summed E-state index contributed by atoms with van der Waals surface area (Å²) in [7, 11) is 0. The van der Waals surface area contributed by atoms with Crippen LogP contribution in [0.1, 0.15) is 31.5 Å². The third kappa shape index (κ3) is 3.90. The van der Waals surface area contributed by atoms with E-state index in [1.165, 1.54) is 5.56 Å². The Labute approximate surface area is 137 Å². The molecule has 0 saturated heterocycles. The SMILES string of the molecule is CCC(C)N(Cc1cccnc1)Cc1cnc2ccccc2n1. The van der Waals surface area contributed by atoms with Crippen LogP contribution >= 0.6 is 0 Å². The van der Waals surface area contributed by atoms with Crippen molar-refractivity contribution in [3.63, 3.8) is 0 Å². The van der Waals surface area contributed by atoms with Crippen molar-refractivity contribution in [1.82, 2.24) is 19.9 Å². The van der Waals surface area contributed by atoms with Gasteiger partial charge in [0.15, 0.2) is 0 Å². The van der Waals surface area contributed by atoms with E-state index in [0.29, 0.717) is 6.04 Å². The fraction of sp³-hybridized carbons (Fsp3) is 0.316. The van der Waals surface area contributed by atoms with Crippen molar-refractivity contribution in [1.29, 1.82) is 0 Å². The standard InChI is InChI=1S/C19H22N4/c1-3-15(2)23(13-16-7-6-10-20-11-16)14-17-12-21-18-8-4-5-9-19(18)22-17/h4-12,15H,3,13-14H2,1-2H3. The van der Waals surface area contributed by atoms with E-state index in [4.69, 9.17) is 4.98 Å². The average Bonchev–Trinajstić information content (AvgIpc) is 2.61. The van der Waals surface area contributed by atoms with Gasteiger partial charge in [-0.3, -0.25) is 14.9 Å². The first-order valence-electron chi connectivity index (χ1n) is 8.10. The molecule has 0 aliphatic heterocycles. The summed E-state index contributed by atoms with van der Waals surface area (Å²) in [6, 6.07) is 12.6. The Bertz CT molecular complexity index is 757. The molecule has 3 aromatic rings. The van der Waals surface area contributed by atoms with E-state index in [1.54, 1.807) is 0 Å². The third-order valence-corrected chi connectivity index (χ3v) is 4.19. The number of hydrogen-bond donors (Lipinski definition) is 0. The van der Waals surface area contributed by atoms with Crippen LogP contribution in [0.5, 0.6) is 0 Å². The molecule has 0 bridgehead atoms. The normalized spacial score (nSPS) is 12.7. The van der Waals surface area contributed by atoms with E-state index >= 15 is 0 Å². The topological polar surface area (TPSA) is 41.9 Å². The van der Waals surface area contributed by atoms with E-state index in [0.717, 1.165) is 36.2 Å². The van der Waals surface area contributed by atoms with Gasteiger partial charge >= 0.3 is 0 Å². The maximum Gasteiger partial charge on any atom is 0.0890 e. The first kappa shape index (κ1) is 15.6. The molecule has 0 saturated carbocycles. The molecule has 2 heterocycles. The van der Waals surface area contributed by atoms with E-state index in [1.807, 2.05) is 48.9 Å². The zero-order chi connectivity index (χ0) is 16.1. The number of nitrogens with zero attached hydrogens (tertiary/aromatic N) is 4. The number of fused-ring (bicyclic) bond motifs is 1. The number of hydrogen-bond acceptors (Lipinski definition) is 4. The van der Waals surface area contributed by atoms with Gasteiger partial charge in [-0.15, -0.1) is 0 Å². The first-order valence-corrected chi connectivity index (χ1v) is 8.10. The predicted molar refractivity (Wildman–Crippen MR) is 92.8 cm³/mol. The van der Waals surface area contributed by atoms with Crippen LogP contribution in [-0.4, -0.2) is 25.9 Å². The van der Waals surface area contributed by atoms with Gasteiger partial charge in [-0.2, -0.15) is 0 Å². The van der Waals surface area contributed by atoms with Crippen LogP contribution in [0.4, 0.5) is 0 Å². The highest BCUT2D eigenvalue weighted by molar-refractivity contribution is 5.73. The molecular formula is C19H22N4. The molecule has 0 spiro atoms. The van der Waals surface area contributed by atoms with Crippen LogP contribution in [0.2, 0.25) is 0 Å². The lowest BCUT2D eigenvalue weighted by Crippen LogP contribution is -2.32. The first-order chi connectivity index (χ1) is 11.3. The molecule has 0 radical (unpaired) electrons. The Balaban J connectivity index is 1.81. The van der Waals surface area contributed by atoms with E-state index in [2.05, 4.69) is 34.8 Å². The molecule has 23 heavy (non-hydrogen) atoms. The van der Waals surface area contributed by atoms with Crippen LogP contribution in [0.15, 0.2) is 55.0 Å². The molecule has 1 unspecified atom stereocenters. The highest BCUT2D eigenvalue weighted by Gasteiger charge is 2.14. The van der Waals surface area contributed by atoms with Crippen molar-refractivity contribution in [2.45, 2.75) is 39.4 Å². The fourth-order valence-electron chi connectivity index (χ4n) is 2.63. The van der Waals surface area contributed by atoms with Gasteiger partial charge in [-0.05, 0) is 37.1 Å². The largest absolute Gasteiger partial charge is 0.290 e. The van der Waals surface area contributed by atoms with Gasteiger partial charge in [0.1, 0.15) is 0 Å². The Kier molecular flexibility index (Phi) is 4.93. The van der Waals surface area contributed by atoms with Crippen LogP contribution in [0, 0.1) is 0 Å². The predicted octanol–water partition coefficient (Wildman–Crippen LogP) is 3.83. The van der Waals surface area contributed by atoms with Crippen molar-refractivity contribution in [2.75, 3.05) is 0 Å². The minimum atomic E-state index is 0.475. The molecule has 2 aromatic heterocycles. The summed E-state index contributed by atoms with van der Waals surface area (Å²) in [6.45, 7) is 6.14. The second-order valence-corrected chi connectivity index (χ2v) is 5.87. The summed E-state index contributed by atoms with van der Waals surface area (Å²) in [5, 5.41) is 0. The van der Waals surface area contributed by atoms with E-state index in [-0.39, 0.29) is 0 Å². The van der Waals surface area contributed by atoms with Crippen LogP contribution in [0.25, 0.3) is 11.0 Å². The molecule has 3 rings (SSSR count). The van der Waals surface area contributed by atoms with Crippen molar-refractivity contribution in [2.24, 2.45) is 0 Å². The Morgan fingerprint density at radius 2 is 1.83 bits per heavy atom. The van der Waals surface area contributed by atoms with Crippen LogP contribution in [0.3, 0.4) is 0 Å². The fourth-order valence-corrected chi connectivity index (χ4v) is 2.63. The third-order valence-electron chi connectivity index (χ3n) is 4.19. The lowest BCUT2D eigenvalue weighted by atomic mass is 10.1. The Hall–Kier alpha value is -2.33. The summed E-state index contributed by atoms with van der Waals surface area (Å²) in [6.07, 6.45) is 6.73.